The average Bonchev–Trinajstić information content (AvgIpc) is 2.65. The number of unbranched alkanes of at least 4 members (excludes halogenated alkanes) is 1. The summed E-state index contributed by atoms with van der Waals surface area (Å²) in [7, 11) is 0. The molecule has 0 aliphatic carbocycles. The maximum absolute atomic E-state index is 12.4. The lowest BCUT2D eigenvalue weighted by molar-refractivity contribution is 0.102. The minimum absolute atomic E-state index is 0.0942. The van der Waals surface area contributed by atoms with E-state index in [1.807, 2.05) is 38.1 Å². The van der Waals surface area contributed by atoms with E-state index in [0.717, 1.165) is 17.7 Å². The molecular weight excluding hydrogens is 338 g/mol. The van der Waals surface area contributed by atoms with Crippen molar-refractivity contribution in [1.82, 2.24) is 10.6 Å². The topological polar surface area (TPSA) is 70.2 Å². The van der Waals surface area contributed by atoms with Crippen LogP contribution in [0.1, 0.15) is 55.1 Å². The molecule has 5 nitrogen and oxygen atoms in total. The smallest absolute Gasteiger partial charge is 0.315 e. The van der Waals surface area contributed by atoms with Crippen LogP contribution in [0.2, 0.25) is 0 Å². The zero-order chi connectivity index (χ0) is 19.6. The molecule has 144 valence electrons. The first-order valence-corrected chi connectivity index (χ1v) is 9.51. The van der Waals surface area contributed by atoms with Crippen LogP contribution in [-0.2, 0) is 13.0 Å². The van der Waals surface area contributed by atoms with Gasteiger partial charge in [-0.25, -0.2) is 4.79 Å². The monoisotopic (exact) mass is 367 g/mol. The van der Waals surface area contributed by atoms with Gasteiger partial charge in [-0.05, 0) is 62.1 Å². The number of urea groups is 1. The molecule has 2 aromatic rings. The quantitative estimate of drug-likeness (QED) is 0.643. The second-order valence-corrected chi connectivity index (χ2v) is 6.93. The molecule has 0 spiro atoms. The third-order valence-electron chi connectivity index (χ3n) is 4.12. The van der Waals surface area contributed by atoms with Crippen LogP contribution in [0.15, 0.2) is 48.5 Å². The van der Waals surface area contributed by atoms with E-state index in [9.17, 15) is 9.59 Å². The standard InChI is InChI=1S/C22H29N3O2/c1-4-5-6-17-9-13-20(14-10-17)25-21(26)19-11-7-18(8-12-19)15-23-22(27)24-16(2)3/h7-14,16H,4-6,15H2,1-3H3,(H,25,26)(H2,23,24,27). The molecule has 2 rings (SSSR count). The normalized spacial score (nSPS) is 10.5. The molecule has 2 aromatic carbocycles. The Kier molecular flexibility index (Phi) is 7.86. The van der Waals surface area contributed by atoms with E-state index < -0.39 is 0 Å². The fraction of sp³-hybridized carbons (Fsp3) is 0.364. The van der Waals surface area contributed by atoms with Gasteiger partial charge in [0.25, 0.3) is 5.91 Å². The Hall–Kier alpha value is -2.82. The van der Waals surface area contributed by atoms with Gasteiger partial charge in [-0.1, -0.05) is 37.6 Å². The number of amides is 3. The maximum atomic E-state index is 12.4. The first-order valence-electron chi connectivity index (χ1n) is 9.51. The number of nitrogens with one attached hydrogen (secondary N) is 3. The number of carbonyl (C=O) groups excluding carboxylic acids is 2. The summed E-state index contributed by atoms with van der Waals surface area (Å²) in [5, 5.41) is 8.47. The summed E-state index contributed by atoms with van der Waals surface area (Å²) in [5.74, 6) is -0.145. The van der Waals surface area contributed by atoms with E-state index in [1.54, 1.807) is 12.1 Å². The molecule has 0 aliphatic heterocycles. The Bertz CT molecular complexity index is 737. The van der Waals surface area contributed by atoms with Crippen molar-refractivity contribution < 1.29 is 9.59 Å². The molecule has 0 atom stereocenters. The van der Waals surface area contributed by atoms with E-state index in [0.29, 0.717) is 12.1 Å². The van der Waals surface area contributed by atoms with Gasteiger partial charge in [-0.2, -0.15) is 0 Å². The van der Waals surface area contributed by atoms with Crippen LogP contribution in [-0.4, -0.2) is 18.0 Å². The van der Waals surface area contributed by atoms with E-state index in [2.05, 4.69) is 35.0 Å². The molecule has 0 fully saturated rings. The van der Waals surface area contributed by atoms with Crippen molar-refractivity contribution in [2.24, 2.45) is 0 Å². The number of benzene rings is 2. The largest absolute Gasteiger partial charge is 0.336 e. The SMILES string of the molecule is CCCCc1ccc(NC(=O)c2ccc(CNC(=O)NC(C)C)cc2)cc1. The number of aryl methyl sites for hydroxylation is 1. The Balaban J connectivity index is 1.86. The first-order chi connectivity index (χ1) is 13.0. The van der Waals surface area contributed by atoms with Crippen LogP contribution < -0.4 is 16.0 Å². The molecule has 3 N–H and O–H groups in total. The minimum Gasteiger partial charge on any atom is -0.336 e. The van der Waals surface area contributed by atoms with E-state index in [4.69, 9.17) is 0 Å². The lowest BCUT2D eigenvalue weighted by Crippen LogP contribution is -2.39. The summed E-state index contributed by atoms with van der Waals surface area (Å²) in [5.41, 5.74) is 3.59. The lowest BCUT2D eigenvalue weighted by atomic mass is 10.1. The van der Waals surface area contributed by atoms with Crippen LogP contribution in [0.3, 0.4) is 0 Å². The highest BCUT2D eigenvalue weighted by atomic mass is 16.2. The third kappa shape index (κ3) is 7.13. The van der Waals surface area contributed by atoms with Crippen LogP contribution in [0.5, 0.6) is 0 Å². The van der Waals surface area contributed by atoms with Gasteiger partial charge < -0.3 is 16.0 Å². The minimum atomic E-state index is -0.200. The summed E-state index contributed by atoms with van der Waals surface area (Å²) in [6, 6.07) is 15.1. The Morgan fingerprint density at radius 1 is 0.926 bits per heavy atom. The van der Waals surface area contributed by atoms with Gasteiger partial charge in [0, 0.05) is 23.8 Å². The van der Waals surface area contributed by atoms with Gasteiger partial charge in [0.2, 0.25) is 0 Å². The number of hydrogen-bond acceptors (Lipinski definition) is 2. The van der Waals surface area contributed by atoms with Gasteiger partial charge in [0.05, 0.1) is 0 Å². The molecule has 0 saturated carbocycles. The first kappa shape index (κ1) is 20.5. The number of rotatable bonds is 8. The van der Waals surface area contributed by atoms with Crippen molar-refractivity contribution in [3.05, 3.63) is 65.2 Å². The number of carbonyl (C=O) groups is 2. The van der Waals surface area contributed by atoms with E-state index in [1.165, 1.54) is 18.4 Å². The molecule has 0 radical (unpaired) electrons. The fourth-order valence-electron chi connectivity index (χ4n) is 2.61. The highest BCUT2D eigenvalue weighted by molar-refractivity contribution is 6.04. The molecule has 0 heterocycles. The van der Waals surface area contributed by atoms with Gasteiger partial charge in [0.1, 0.15) is 0 Å². The molecule has 0 saturated heterocycles. The Labute approximate surface area is 161 Å². The Morgan fingerprint density at radius 3 is 2.15 bits per heavy atom. The summed E-state index contributed by atoms with van der Waals surface area (Å²) >= 11 is 0. The zero-order valence-electron chi connectivity index (χ0n) is 16.3. The van der Waals surface area contributed by atoms with Crippen molar-refractivity contribution in [3.8, 4) is 0 Å². The molecule has 27 heavy (non-hydrogen) atoms. The predicted molar refractivity (Wildman–Crippen MR) is 110 cm³/mol. The highest BCUT2D eigenvalue weighted by Gasteiger charge is 2.07. The van der Waals surface area contributed by atoms with Crippen molar-refractivity contribution in [2.45, 2.75) is 52.6 Å². The van der Waals surface area contributed by atoms with Gasteiger partial charge >= 0.3 is 6.03 Å². The molecule has 0 aliphatic rings. The van der Waals surface area contributed by atoms with E-state index in [-0.39, 0.29) is 18.0 Å². The molecule has 0 bridgehead atoms. The van der Waals surface area contributed by atoms with Crippen LogP contribution in [0.25, 0.3) is 0 Å². The molecule has 0 aromatic heterocycles. The summed E-state index contributed by atoms with van der Waals surface area (Å²) in [6.45, 7) is 6.41. The second-order valence-electron chi connectivity index (χ2n) is 6.93. The highest BCUT2D eigenvalue weighted by Crippen LogP contribution is 2.13. The lowest BCUT2D eigenvalue weighted by Gasteiger charge is -2.10. The molecule has 5 heteroatoms. The summed E-state index contributed by atoms with van der Waals surface area (Å²) < 4.78 is 0. The molecule has 0 unspecified atom stereocenters. The second kappa shape index (κ2) is 10.4. The van der Waals surface area contributed by atoms with Crippen LogP contribution in [0.4, 0.5) is 10.5 Å². The van der Waals surface area contributed by atoms with E-state index >= 15 is 0 Å². The summed E-state index contributed by atoms with van der Waals surface area (Å²) in [4.78, 5) is 24.0. The number of anilines is 1. The predicted octanol–water partition coefficient (Wildman–Crippen LogP) is 4.49. The van der Waals surface area contributed by atoms with Crippen molar-refractivity contribution in [2.75, 3.05) is 5.32 Å². The zero-order valence-corrected chi connectivity index (χ0v) is 16.3. The van der Waals surface area contributed by atoms with Crippen molar-refractivity contribution in [1.29, 1.82) is 0 Å². The van der Waals surface area contributed by atoms with Gasteiger partial charge in [-0.15, -0.1) is 0 Å². The molecular formula is C22H29N3O2. The molecule has 3 amide bonds. The number of hydrogen-bond donors (Lipinski definition) is 3. The van der Waals surface area contributed by atoms with Gasteiger partial charge in [0.15, 0.2) is 0 Å². The summed E-state index contributed by atoms with van der Waals surface area (Å²) in [6.07, 6.45) is 3.41. The van der Waals surface area contributed by atoms with Crippen molar-refractivity contribution in [3.63, 3.8) is 0 Å². The van der Waals surface area contributed by atoms with Crippen LogP contribution >= 0.6 is 0 Å². The average molecular weight is 367 g/mol. The fourth-order valence-corrected chi connectivity index (χ4v) is 2.61. The van der Waals surface area contributed by atoms with Crippen LogP contribution in [0, 0.1) is 0 Å². The third-order valence-corrected chi connectivity index (χ3v) is 4.12. The Morgan fingerprint density at radius 2 is 1.56 bits per heavy atom. The van der Waals surface area contributed by atoms with Gasteiger partial charge in [-0.3, -0.25) is 4.79 Å². The van der Waals surface area contributed by atoms with Crippen molar-refractivity contribution >= 4 is 17.6 Å². The maximum Gasteiger partial charge on any atom is 0.315 e.